The van der Waals surface area contributed by atoms with Crippen LogP contribution >= 0.6 is 0 Å². The number of carbonyl (C=O) groups excluding carboxylic acids is 1. The summed E-state index contributed by atoms with van der Waals surface area (Å²) in [6.45, 7) is 9.06. The molecule has 1 fully saturated rings. The Bertz CT molecular complexity index is 868. The van der Waals surface area contributed by atoms with E-state index in [1.165, 1.54) is 0 Å². The van der Waals surface area contributed by atoms with Crippen molar-refractivity contribution in [1.29, 1.82) is 5.26 Å². The second-order valence-electron chi connectivity index (χ2n) is 7.63. The first-order valence-electron chi connectivity index (χ1n) is 8.67. The first-order chi connectivity index (χ1) is 12.3. The standard InChI is InChI=1S/C19H23N5O2/c1-12-10-24(11-14(12)23-18(25)26-19(2,3)4)15-6-5-13(9-20)16-17(15)22-8-7-21-16/h5-8,12,14H,10-11H2,1-4H3,(H,23,25)/t12-,14+/m1/s1. The lowest BCUT2D eigenvalue weighted by atomic mass is 10.1. The molecule has 0 aliphatic carbocycles. The topological polar surface area (TPSA) is 91.1 Å². The minimum Gasteiger partial charge on any atom is -0.444 e. The Morgan fingerprint density at radius 3 is 2.62 bits per heavy atom. The summed E-state index contributed by atoms with van der Waals surface area (Å²) >= 11 is 0. The van der Waals surface area contributed by atoms with E-state index in [0.29, 0.717) is 23.1 Å². The third kappa shape index (κ3) is 3.69. The highest BCUT2D eigenvalue weighted by Gasteiger charge is 2.33. The van der Waals surface area contributed by atoms with Crippen LogP contribution in [0.5, 0.6) is 0 Å². The summed E-state index contributed by atoms with van der Waals surface area (Å²) in [5, 5.41) is 12.2. The lowest BCUT2D eigenvalue weighted by Crippen LogP contribution is -2.42. The van der Waals surface area contributed by atoms with Gasteiger partial charge in [0.15, 0.2) is 0 Å². The molecule has 3 rings (SSSR count). The smallest absolute Gasteiger partial charge is 0.407 e. The number of hydrogen-bond acceptors (Lipinski definition) is 6. The van der Waals surface area contributed by atoms with Gasteiger partial charge in [0.25, 0.3) is 0 Å². The van der Waals surface area contributed by atoms with Crippen LogP contribution in [-0.2, 0) is 4.74 Å². The molecule has 136 valence electrons. The van der Waals surface area contributed by atoms with E-state index in [4.69, 9.17) is 4.74 Å². The van der Waals surface area contributed by atoms with Crippen molar-refractivity contribution < 1.29 is 9.53 Å². The maximum absolute atomic E-state index is 12.1. The summed E-state index contributed by atoms with van der Waals surface area (Å²) in [5.74, 6) is 0.255. The lowest BCUT2D eigenvalue weighted by molar-refractivity contribution is 0.0499. The quantitative estimate of drug-likeness (QED) is 0.893. The molecular weight excluding hydrogens is 330 g/mol. The molecule has 1 aromatic carbocycles. The van der Waals surface area contributed by atoms with E-state index >= 15 is 0 Å². The summed E-state index contributed by atoms with van der Waals surface area (Å²) in [7, 11) is 0. The van der Waals surface area contributed by atoms with Crippen LogP contribution in [-0.4, -0.2) is 40.8 Å². The maximum Gasteiger partial charge on any atom is 0.407 e. The number of hydrogen-bond donors (Lipinski definition) is 1. The number of ether oxygens (including phenoxy) is 1. The Kier molecular flexibility index (Phi) is 4.68. The van der Waals surface area contributed by atoms with Crippen LogP contribution in [0.3, 0.4) is 0 Å². The number of carbonyl (C=O) groups is 1. The fraction of sp³-hybridized carbons (Fsp3) is 0.474. The number of nitrogens with one attached hydrogen (secondary N) is 1. The third-order valence-corrected chi connectivity index (χ3v) is 4.38. The van der Waals surface area contributed by atoms with Crippen LogP contribution in [0.1, 0.15) is 33.3 Å². The van der Waals surface area contributed by atoms with Crippen LogP contribution in [0.2, 0.25) is 0 Å². The Morgan fingerprint density at radius 2 is 1.96 bits per heavy atom. The van der Waals surface area contributed by atoms with Crippen LogP contribution in [0.15, 0.2) is 24.5 Å². The van der Waals surface area contributed by atoms with Gasteiger partial charge in [-0.1, -0.05) is 6.92 Å². The second kappa shape index (κ2) is 6.79. The van der Waals surface area contributed by atoms with Crippen molar-refractivity contribution in [2.45, 2.75) is 39.3 Å². The van der Waals surface area contributed by atoms with Gasteiger partial charge in [0.2, 0.25) is 0 Å². The van der Waals surface area contributed by atoms with Gasteiger partial charge in [0, 0.05) is 25.5 Å². The van der Waals surface area contributed by atoms with Gasteiger partial charge < -0.3 is 15.0 Å². The van der Waals surface area contributed by atoms with Crippen molar-refractivity contribution >= 4 is 22.8 Å². The third-order valence-electron chi connectivity index (χ3n) is 4.38. The predicted octanol–water partition coefficient (Wildman–Crippen LogP) is 2.85. The summed E-state index contributed by atoms with van der Waals surface area (Å²) in [4.78, 5) is 23.0. The fourth-order valence-electron chi connectivity index (χ4n) is 3.20. The molecule has 26 heavy (non-hydrogen) atoms. The fourth-order valence-corrected chi connectivity index (χ4v) is 3.20. The van der Waals surface area contributed by atoms with Crippen molar-refractivity contribution in [2.75, 3.05) is 18.0 Å². The molecule has 1 aliphatic rings. The number of aromatic nitrogens is 2. The zero-order valence-corrected chi connectivity index (χ0v) is 15.5. The average molecular weight is 353 g/mol. The second-order valence-corrected chi connectivity index (χ2v) is 7.63. The zero-order valence-electron chi connectivity index (χ0n) is 15.5. The Labute approximate surface area is 153 Å². The molecule has 0 bridgehead atoms. The molecule has 0 spiro atoms. The average Bonchev–Trinajstić information content (AvgIpc) is 2.92. The van der Waals surface area contributed by atoms with Gasteiger partial charge in [-0.05, 0) is 38.8 Å². The molecule has 1 aromatic heterocycles. The maximum atomic E-state index is 12.1. The monoisotopic (exact) mass is 353 g/mol. The van der Waals surface area contributed by atoms with Crippen LogP contribution in [0.25, 0.3) is 11.0 Å². The number of nitriles is 1. The molecule has 2 atom stereocenters. The molecule has 1 N–H and O–H groups in total. The highest BCUT2D eigenvalue weighted by atomic mass is 16.6. The molecule has 0 radical (unpaired) electrons. The van der Waals surface area contributed by atoms with Crippen LogP contribution < -0.4 is 10.2 Å². The van der Waals surface area contributed by atoms with Crippen molar-refractivity contribution in [1.82, 2.24) is 15.3 Å². The summed E-state index contributed by atoms with van der Waals surface area (Å²) in [6, 6.07) is 5.81. The van der Waals surface area contributed by atoms with Gasteiger partial charge in [-0.2, -0.15) is 5.26 Å². The Balaban J connectivity index is 1.81. The molecule has 1 aliphatic heterocycles. The zero-order chi connectivity index (χ0) is 18.9. The van der Waals surface area contributed by atoms with Gasteiger partial charge >= 0.3 is 6.09 Å². The number of fused-ring (bicyclic) bond motifs is 1. The normalized spacial score (nSPS) is 20.0. The molecule has 7 nitrogen and oxygen atoms in total. The van der Waals surface area contributed by atoms with Crippen molar-refractivity contribution in [2.24, 2.45) is 5.92 Å². The van der Waals surface area contributed by atoms with Gasteiger partial charge in [-0.15, -0.1) is 0 Å². The number of amides is 1. The summed E-state index contributed by atoms with van der Waals surface area (Å²) < 4.78 is 5.36. The van der Waals surface area contributed by atoms with E-state index in [1.54, 1.807) is 18.5 Å². The number of anilines is 1. The SMILES string of the molecule is C[C@@H]1CN(c2ccc(C#N)c3nccnc23)C[C@@H]1NC(=O)OC(C)(C)C. The van der Waals surface area contributed by atoms with Crippen molar-refractivity contribution in [3.8, 4) is 6.07 Å². The molecule has 1 saturated heterocycles. The summed E-state index contributed by atoms with van der Waals surface area (Å²) in [5.41, 5.74) is 2.21. The predicted molar refractivity (Wildman–Crippen MR) is 98.8 cm³/mol. The first-order valence-corrected chi connectivity index (χ1v) is 8.67. The van der Waals surface area contributed by atoms with E-state index in [1.807, 2.05) is 26.8 Å². The highest BCUT2D eigenvalue weighted by molar-refractivity contribution is 5.92. The van der Waals surface area contributed by atoms with Gasteiger partial charge in [0.05, 0.1) is 17.3 Å². The molecule has 0 unspecified atom stereocenters. The van der Waals surface area contributed by atoms with E-state index in [-0.39, 0.29) is 12.0 Å². The molecule has 2 aromatic rings. The van der Waals surface area contributed by atoms with E-state index < -0.39 is 11.7 Å². The first kappa shape index (κ1) is 17.9. The molecular formula is C19H23N5O2. The van der Waals surface area contributed by atoms with E-state index in [9.17, 15) is 10.1 Å². The number of alkyl carbamates (subject to hydrolysis) is 1. The van der Waals surface area contributed by atoms with Crippen LogP contribution in [0.4, 0.5) is 10.5 Å². The van der Waals surface area contributed by atoms with Gasteiger partial charge in [-0.25, -0.2) is 4.79 Å². The molecule has 2 heterocycles. The van der Waals surface area contributed by atoms with E-state index in [0.717, 1.165) is 12.2 Å². The summed E-state index contributed by atoms with van der Waals surface area (Å²) in [6.07, 6.45) is 2.82. The Hall–Kier alpha value is -2.88. The van der Waals surface area contributed by atoms with Crippen LogP contribution in [0, 0.1) is 17.2 Å². The van der Waals surface area contributed by atoms with Crippen molar-refractivity contribution in [3.05, 3.63) is 30.1 Å². The molecule has 1 amide bonds. The Morgan fingerprint density at radius 1 is 1.27 bits per heavy atom. The number of nitrogens with zero attached hydrogens (tertiary/aromatic N) is 4. The van der Waals surface area contributed by atoms with E-state index in [2.05, 4.69) is 33.2 Å². The number of rotatable bonds is 2. The lowest BCUT2D eigenvalue weighted by Gasteiger charge is -2.23. The minimum absolute atomic E-state index is 0.0211. The number of benzene rings is 1. The molecule has 0 saturated carbocycles. The highest BCUT2D eigenvalue weighted by Crippen LogP contribution is 2.30. The molecule has 7 heteroatoms. The van der Waals surface area contributed by atoms with Crippen molar-refractivity contribution in [3.63, 3.8) is 0 Å². The van der Waals surface area contributed by atoms with Gasteiger partial charge in [0.1, 0.15) is 22.7 Å². The largest absolute Gasteiger partial charge is 0.444 e. The van der Waals surface area contributed by atoms with Gasteiger partial charge in [-0.3, -0.25) is 9.97 Å². The minimum atomic E-state index is -0.523.